The number of nitrogens with zero attached hydrogens (tertiary/aromatic N) is 1. The molecular formula is C12H23N3OS. The molecule has 0 aliphatic carbocycles. The summed E-state index contributed by atoms with van der Waals surface area (Å²) in [4.78, 5) is 0. The van der Waals surface area contributed by atoms with Gasteiger partial charge in [-0.3, -0.25) is 0 Å². The first-order valence-electron chi connectivity index (χ1n) is 6.07. The highest BCUT2D eigenvalue weighted by Crippen LogP contribution is 2.36. The molecule has 1 unspecified atom stereocenters. The normalized spacial score (nSPS) is 13.1. The number of anilines is 2. The summed E-state index contributed by atoms with van der Waals surface area (Å²) in [6, 6.07) is 0. The van der Waals surface area contributed by atoms with Gasteiger partial charge in [0.25, 0.3) is 0 Å². The monoisotopic (exact) mass is 257 g/mol. The average Bonchev–Trinajstić information content (AvgIpc) is 2.56. The summed E-state index contributed by atoms with van der Waals surface area (Å²) in [6.07, 6.45) is 0.108. The van der Waals surface area contributed by atoms with Crippen LogP contribution in [0.5, 0.6) is 5.75 Å². The number of nitrogens with two attached hydrogens (primary N) is 1. The Balaban J connectivity index is 2.64. The molecule has 0 fully saturated rings. The Morgan fingerprint density at radius 3 is 2.47 bits per heavy atom. The standard InChI is InChI=1S/C12H23N3OS/c1-7(2)9(5)6-14-12-10(16-8(3)4)11(13)15-17-12/h7-9,14H,6H2,1-5H3,(H2,13,15). The van der Waals surface area contributed by atoms with Crippen molar-refractivity contribution in [3.63, 3.8) is 0 Å². The lowest BCUT2D eigenvalue weighted by Gasteiger charge is -2.17. The van der Waals surface area contributed by atoms with Crippen LogP contribution >= 0.6 is 11.5 Å². The Bertz CT molecular complexity index is 350. The summed E-state index contributed by atoms with van der Waals surface area (Å²) in [5.74, 6) is 2.43. The van der Waals surface area contributed by atoms with Crippen molar-refractivity contribution in [3.05, 3.63) is 0 Å². The maximum Gasteiger partial charge on any atom is 0.197 e. The Kier molecular flexibility index (Phi) is 5.05. The van der Waals surface area contributed by atoms with Crippen LogP contribution in [0.15, 0.2) is 0 Å². The molecule has 0 saturated heterocycles. The van der Waals surface area contributed by atoms with Crippen molar-refractivity contribution in [1.82, 2.24) is 4.37 Å². The lowest BCUT2D eigenvalue weighted by Crippen LogP contribution is -2.16. The van der Waals surface area contributed by atoms with E-state index in [0.717, 1.165) is 11.5 Å². The number of hydrogen-bond donors (Lipinski definition) is 2. The second kappa shape index (κ2) is 6.10. The van der Waals surface area contributed by atoms with Gasteiger partial charge in [0.2, 0.25) is 0 Å². The van der Waals surface area contributed by atoms with Gasteiger partial charge in [-0.2, -0.15) is 4.37 Å². The van der Waals surface area contributed by atoms with Gasteiger partial charge in [0.15, 0.2) is 16.6 Å². The number of nitrogen functional groups attached to an aromatic ring is 1. The van der Waals surface area contributed by atoms with Gasteiger partial charge in [0.1, 0.15) is 0 Å². The number of aromatic nitrogens is 1. The van der Waals surface area contributed by atoms with E-state index < -0.39 is 0 Å². The van der Waals surface area contributed by atoms with E-state index in [-0.39, 0.29) is 6.10 Å². The molecule has 0 aliphatic rings. The summed E-state index contributed by atoms with van der Waals surface area (Å²) in [7, 11) is 0. The molecule has 0 radical (unpaired) electrons. The van der Waals surface area contributed by atoms with E-state index in [9.17, 15) is 0 Å². The van der Waals surface area contributed by atoms with Gasteiger partial charge in [0.05, 0.1) is 6.10 Å². The first kappa shape index (κ1) is 14.1. The fraction of sp³-hybridized carbons (Fsp3) is 0.750. The Morgan fingerprint density at radius 2 is 1.94 bits per heavy atom. The number of ether oxygens (including phenoxy) is 1. The van der Waals surface area contributed by atoms with Crippen LogP contribution in [-0.2, 0) is 0 Å². The fourth-order valence-corrected chi connectivity index (χ4v) is 1.90. The van der Waals surface area contributed by atoms with Crippen molar-refractivity contribution in [2.75, 3.05) is 17.6 Å². The predicted octanol–water partition coefficient (Wildman–Crippen LogP) is 3.22. The smallest absolute Gasteiger partial charge is 0.197 e. The van der Waals surface area contributed by atoms with Crippen LogP contribution in [0.2, 0.25) is 0 Å². The summed E-state index contributed by atoms with van der Waals surface area (Å²) in [5.41, 5.74) is 5.79. The molecule has 1 atom stereocenters. The van der Waals surface area contributed by atoms with Gasteiger partial charge in [-0.1, -0.05) is 20.8 Å². The molecule has 0 aromatic carbocycles. The third kappa shape index (κ3) is 4.07. The second-order valence-electron chi connectivity index (χ2n) is 4.99. The van der Waals surface area contributed by atoms with E-state index in [1.807, 2.05) is 13.8 Å². The Morgan fingerprint density at radius 1 is 1.29 bits per heavy atom. The zero-order valence-electron chi connectivity index (χ0n) is 11.3. The minimum Gasteiger partial charge on any atom is -0.484 e. The van der Waals surface area contributed by atoms with Crippen LogP contribution in [-0.4, -0.2) is 17.0 Å². The maximum absolute atomic E-state index is 5.79. The minimum absolute atomic E-state index is 0.108. The van der Waals surface area contributed by atoms with Crippen LogP contribution in [0.1, 0.15) is 34.6 Å². The topological polar surface area (TPSA) is 60.2 Å². The average molecular weight is 257 g/mol. The largest absolute Gasteiger partial charge is 0.484 e. The minimum atomic E-state index is 0.108. The van der Waals surface area contributed by atoms with Crippen LogP contribution in [0.25, 0.3) is 0 Å². The second-order valence-corrected chi connectivity index (χ2v) is 5.77. The van der Waals surface area contributed by atoms with Crippen LogP contribution in [0, 0.1) is 11.8 Å². The van der Waals surface area contributed by atoms with E-state index >= 15 is 0 Å². The van der Waals surface area contributed by atoms with Crippen molar-refractivity contribution < 1.29 is 4.74 Å². The SMILES string of the molecule is CC(C)Oc1c(N)nsc1NCC(C)C(C)C. The third-order valence-corrected chi connectivity index (χ3v) is 3.55. The lowest BCUT2D eigenvalue weighted by molar-refractivity contribution is 0.245. The van der Waals surface area contributed by atoms with Crippen LogP contribution < -0.4 is 15.8 Å². The summed E-state index contributed by atoms with van der Waals surface area (Å²) >= 11 is 1.36. The number of hydrogen-bond acceptors (Lipinski definition) is 5. The van der Waals surface area contributed by atoms with Gasteiger partial charge in [-0.25, -0.2) is 0 Å². The lowest BCUT2D eigenvalue weighted by atomic mass is 9.98. The molecule has 1 aromatic rings. The molecular weight excluding hydrogens is 234 g/mol. The van der Waals surface area contributed by atoms with Crippen LogP contribution in [0.4, 0.5) is 10.8 Å². The molecule has 1 rings (SSSR count). The van der Waals surface area contributed by atoms with E-state index in [4.69, 9.17) is 10.5 Å². The quantitative estimate of drug-likeness (QED) is 0.821. The van der Waals surface area contributed by atoms with Crippen molar-refractivity contribution >= 4 is 22.4 Å². The first-order chi connectivity index (χ1) is 7.91. The Hall–Kier alpha value is -0.970. The number of nitrogens with one attached hydrogen (secondary N) is 1. The van der Waals surface area contributed by atoms with Gasteiger partial charge < -0.3 is 15.8 Å². The summed E-state index contributed by atoms with van der Waals surface area (Å²) in [5, 5.41) is 4.31. The molecule has 0 bridgehead atoms. The van der Waals surface area contributed by atoms with Gasteiger partial charge in [0, 0.05) is 6.54 Å². The molecule has 98 valence electrons. The molecule has 5 heteroatoms. The van der Waals surface area contributed by atoms with Crippen molar-refractivity contribution in [2.45, 2.75) is 40.7 Å². The van der Waals surface area contributed by atoms with Crippen molar-refractivity contribution in [1.29, 1.82) is 0 Å². The maximum atomic E-state index is 5.79. The van der Waals surface area contributed by atoms with E-state index in [2.05, 4.69) is 30.5 Å². The Labute approximate surface area is 108 Å². The molecule has 1 heterocycles. The summed E-state index contributed by atoms with van der Waals surface area (Å²) in [6.45, 7) is 11.5. The molecule has 0 amide bonds. The van der Waals surface area contributed by atoms with Gasteiger partial charge >= 0.3 is 0 Å². The highest BCUT2D eigenvalue weighted by molar-refractivity contribution is 7.11. The van der Waals surface area contributed by atoms with E-state index in [0.29, 0.717) is 23.4 Å². The molecule has 0 saturated carbocycles. The molecule has 0 aliphatic heterocycles. The molecule has 3 N–H and O–H groups in total. The van der Waals surface area contributed by atoms with Crippen molar-refractivity contribution in [3.8, 4) is 5.75 Å². The third-order valence-electron chi connectivity index (χ3n) is 2.75. The predicted molar refractivity (Wildman–Crippen MR) is 74.8 cm³/mol. The zero-order chi connectivity index (χ0) is 13.0. The summed E-state index contributed by atoms with van der Waals surface area (Å²) < 4.78 is 9.79. The van der Waals surface area contributed by atoms with E-state index in [1.165, 1.54) is 11.5 Å². The van der Waals surface area contributed by atoms with Crippen molar-refractivity contribution in [2.24, 2.45) is 11.8 Å². The first-order valence-corrected chi connectivity index (χ1v) is 6.84. The highest BCUT2D eigenvalue weighted by Gasteiger charge is 2.15. The molecule has 17 heavy (non-hydrogen) atoms. The van der Waals surface area contributed by atoms with Crippen LogP contribution in [0.3, 0.4) is 0 Å². The zero-order valence-corrected chi connectivity index (χ0v) is 12.1. The van der Waals surface area contributed by atoms with E-state index in [1.54, 1.807) is 0 Å². The molecule has 1 aromatic heterocycles. The van der Waals surface area contributed by atoms with Gasteiger partial charge in [-0.05, 0) is 37.2 Å². The number of rotatable bonds is 6. The molecule has 4 nitrogen and oxygen atoms in total. The fourth-order valence-electron chi connectivity index (χ4n) is 1.25. The highest BCUT2D eigenvalue weighted by atomic mass is 32.1. The molecule has 0 spiro atoms. The van der Waals surface area contributed by atoms with Gasteiger partial charge in [-0.15, -0.1) is 0 Å².